The zero-order valence-corrected chi connectivity index (χ0v) is 12.3. The van der Waals surface area contributed by atoms with Crippen LogP contribution in [0, 0.1) is 0 Å². The molecule has 0 spiro atoms. The van der Waals surface area contributed by atoms with E-state index in [1.165, 1.54) is 11.0 Å². The number of nitrogens with two attached hydrogens (primary N) is 1. The van der Waals surface area contributed by atoms with E-state index in [-0.39, 0.29) is 43.4 Å². The van der Waals surface area contributed by atoms with Crippen molar-refractivity contribution in [2.75, 3.05) is 32.0 Å². The highest BCUT2D eigenvalue weighted by Crippen LogP contribution is 2.23. The molecule has 1 aromatic rings. The van der Waals surface area contributed by atoms with E-state index in [4.69, 9.17) is 15.9 Å². The van der Waals surface area contributed by atoms with Gasteiger partial charge in [0.25, 0.3) is 5.91 Å². The first-order valence-corrected chi connectivity index (χ1v) is 6.58. The van der Waals surface area contributed by atoms with E-state index in [0.29, 0.717) is 5.56 Å². The van der Waals surface area contributed by atoms with Crippen molar-refractivity contribution >= 4 is 11.7 Å². The van der Waals surface area contributed by atoms with Crippen LogP contribution < -0.4 is 5.73 Å². The number of carbonyl (C=O) groups excluding carboxylic acids is 1. The van der Waals surface area contributed by atoms with Gasteiger partial charge in [-0.05, 0) is 12.1 Å². The fourth-order valence-corrected chi connectivity index (χ4v) is 1.80. The zero-order chi connectivity index (χ0) is 15.3. The lowest BCUT2D eigenvalue weighted by atomic mass is 9.90. The SMILES string of the molecule is CC(C)(C)c1cc(C(=O)N(CCO)CCO)cc(N)n1. The lowest BCUT2D eigenvalue weighted by Crippen LogP contribution is -2.36. The molecule has 0 aliphatic rings. The highest BCUT2D eigenvalue weighted by molar-refractivity contribution is 5.95. The number of aliphatic hydroxyl groups excluding tert-OH is 2. The summed E-state index contributed by atoms with van der Waals surface area (Å²) in [6.45, 7) is 6.00. The Morgan fingerprint density at radius 3 is 2.25 bits per heavy atom. The van der Waals surface area contributed by atoms with E-state index >= 15 is 0 Å². The predicted octanol–water partition coefficient (Wildman–Crippen LogP) is 0.388. The Morgan fingerprint density at radius 1 is 1.25 bits per heavy atom. The van der Waals surface area contributed by atoms with E-state index in [9.17, 15) is 4.79 Å². The van der Waals surface area contributed by atoms with Gasteiger partial charge in [0, 0.05) is 29.8 Å². The highest BCUT2D eigenvalue weighted by atomic mass is 16.3. The number of anilines is 1. The van der Waals surface area contributed by atoms with Crippen molar-refractivity contribution in [1.82, 2.24) is 9.88 Å². The van der Waals surface area contributed by atoms with Gasteiger partial charge in [-0.25, -0.2) is 4.98 Å². The van der Waals surface area contributed by atoms with Gasteiger partial charge < -0.3 is 20.8 Å². The molecule has 6 nitrogen and oxygen atoms in total. The second-order valence-electron chi connectivity index (χ2n) is 5.66. The van der Waals surface area contributed by atoms with Crippen LogP contribution in [0.15, 0.2) is 12.1 Å². The summed E-state index contributed by atoms with van der Waals surface area (Å²) in [4.78, 5) is 18.0. The molecule has 20 heavy (non-hydrogen) atoms. The molecule has 0 saturated carbocycles. The van der Waals surface area contributed by atoms with Crippen LogP contribution in [0.25, 0.3) is 0 Å². The van der Waals surface area contributed by atoms with Crippen LogP contribution in [-0.2, 0) is 5.41 Å². The van der Waals surface area contributed by atoms with E-state index in [2.05, 4.69) is 4.98 Å². The molecule has 1 aromatic heterocycles. The lowest BCUT2D eigenvalue weighted by molar-refractivity contribution is 0.0684. The third-order valence-electron chi connectivity index (χ3n) is 2.89. The smallest absolute Gasteiger partial charge is 0.254 e. The minimum atomic E-state index is -0.271. The van der Waals surface area contributed by atoms with Crippen LogP contribution in [0.4, 0.5) is 5.82 Å². The maximum Gasteiger partial charge on any atom is 0.254 e. The van der Waals surface area contributed by atoms with E-state index < -0.39 is 0 Å². The van der Waals surface area contributed by atoms with Crippen molar-refractivity contribution in [2.45, 2.75) is 26.2 Å². The van der Waals surface area contributed by atoms with Gasteiger partial charge in [-0.2, -0.15) is 0 Å². The number of rotatable bonds is 5. The van der Waals surface area contributed by atoms with Crippen LogP contribution in [-0.4, -0.2) is 52.3 Å². The molecule has 0 aliphatic carbocycles. The molecule has 4 N–H and O–H groups in total. The van der Waals surface area contributed by atoms with Gasteiger partial charge in [0.15, 0.2) is 0 Å². The number of carbonyl (C=O) groups is 1. The van der Waals surface area contributed by atoms with E-state index in [1.54, 1.807) is 6.07 Å². The molecular weight excluding hydrogens is 258 g/mol. The van der Waals surface area contributed by atoms with Crippen LogP contribution >= 0.6 is 0 Å². The van der Waals surface area contributed by atoms with Gasteiger partial charge in [-0.1, -0.05) is 20.8 Å². The Bertz CT molecular complexity index is 463. The standard InChI is InChI=1S/C14H23N3O3/c1-14(2,3)11-8-10(9-12(15)16-11)13(20)17(4-6-18)5-7-19/h8-9,18-19H,4-7H2,1-3H3,(H2,15,16). The van der Waals surface area contributed by atoms with Gasteiger partial charge in [-0.3, -0.25) is 4.79 Å². The Labute approximate surface area is 119 Å². The predicted molar refractivity (Wildman–Crippen MR) is 77.4 cm³/mol. The first-order chi connectivity index (χ1) is 9.29. The minimum Gasteiger partial charge on any atom is -0.395 e. The van der Waals surface area contributed by atoms with Gasteiger partial charge >= 0.3 is 0 Å². The molecule has 112 valence electrons. The molecule has 0 saturated heterocycles. The maximum atomic E-state index is 12.4. The third-order valence-corrected chi connectivity index (χ3v) is 2.89. The normalized spacial score (nSPS) is 11.4. The minimum absolute atomic E-state index is 0.154. The van der Waals surface area contributed by atoms with E-state index in [1.807, 2.05) is 20.8 Å². The fourth-order valence-electron chi connectivity index (χ4n) is 1.80. The number of pyridine rings is 1. The van der Waals surface area contributed by atoms with E-state index in [0.717, 1.165) is 5.69 Å². The van der Waals surface area contributed by atoms with Crippen molar-refractivity contribution < 1.29 is 15.0 Å². The number of nitrogens with zero attached hydrogens (tertiary/aromatic N) is 2. The number of hydrogen-bond donors (Lipinski definition) is 3. The molecule has 0 aromatic carbocycles. The lowest BCUT2D eigenvalue weighted by Gasteiger charge is -2.23. The Morgan fingerprint density at radius 2 is 1.80 bits per heavy atom. The summed E-state index contributed by atoms with van der Waals surface area (Å²) in [5.41, 5.74) is 6.69. The Kier molecular flexibility index (Phi) is 5.47. The average Bonchev–Trinajstić information content (AvgIpc) is 2.36. The monoisotopic (exact) mass is 281 g/mol. The van der Waals surface area contributed by atoms with Gasteiger partial charge in [0.2, 0.25) is 0 Å². The molecule has 6 heteroatoms. The van der Waals surface area contributed by atoms with Crippen molar-refractivity contribution in [3.8, 4) is 0 Å². The molecule has 0 bridgehead atoms. The molecule has 0 fully saturated rings. The van der Waals surface area contributed by atoms with Gasteiger partial charge in [-0.15, -0.1) is 0 Å². The van der Waals surface area contributed by atoms with Gasteiger partial charge in [0.1, 0.15) is 5.82 Å². The zero-order valence-electron chi connectivity index (χ0n) is 12.3. The molecule has 0 atom stereocenters. The summed E-state index contributed by atoms with van der Waals surface area (Å²) in [5.74, 6) is 0.0152. The maximum absolute atomic E-state index is 12.4. The molecule has 0 aliphatic heterocycles. The summed E-state index contributed by atoms with van der Waals surface area (Å²) in [7, 11) is 0. The second-order valence-corrected chi connectivity index (χ2v) is 5.66. The second kappa shape index (κ2) is 6.67. The molecule has 1 amide bonds. The molecule has 0 unspecified atom stereocenters. The molecular formula is C14H23N3O3. The first-order valence-electron chi connectivity index (χ1n) is 6.58. The quantitative estimate of drug-likeness (QED) is 0.725. The largest absolute Gasteiger partial charge is 0.395 e. The number of hydrogen-bond acceptors (Lipinski definition) is 5. The topological polar surface area (TPSA) is 99.7 Å². The summed E-state index contributed by atoms with van der Waals surface area (Å²) >= 11 is 0. The summed E-state index contributed by atoms with van der Waals surface area (Å²) in [6, 6.07) is 3.22. The number of aromatic nitrogens is 1. The summed E-state index contributed by atoms with van der Waals surface area (Å²) < 4.78 is 0. The van der Waals surface area contributed by atoms with Crippen LogP contribution in [0.2, 0.25) is 0 Å². The summed E-state index contributed by atoms with van der Waals surface area (Å²) in [6.07, 6.45) is 0. The average molecular weight is 281 g/mol. The summed E-state index contributed by atoms with van der Waals surface area (Å²) in [5, 5.41) is 18.0. The number of amides is 1. The van der Waals surface area contributed by atoms with Gasteiger partial charge in [0.05, 0.1) is 13.2 Å². The first kappa shape index (κ1) is 16.4. The third kappa shape index (κ3) is 4.18. The van der Waals surface area contributed by atoms with Crippen molar-refractivity contribution in [1.29, 1.82) is 0 Å². The Balaban J connectivity index is 3.11. The fraction of sp³-hybridized carbons (Fsp3) is 0.571. The van der Waals surface area contributed by atoms with Crippen molar-refractivity contribution in [2.24, 2.45) is 0 Å². The van der Waals surface area contributed by atoms with Crippen molar-refractivity contribution in [3.05, 3.63) is 23.4 Å². The van der Waals surface area contributed by atoms with Crippen LogP contribution in [0.5, 0.6) is 0 Å². The number of aliphatic hydroxyl groups is 2. The highest BCUT2D eigenvalue weighted by Gasteiger charge is 2.21. The van der Waals surface area contributed by atoms with Crippen LogP contribution in [0.3, 0.4) is 0 Å². The molecule has 1 rings (SSSR count). The molecule has 1 heterocycles. The Hall–Kier alpha value is -1.66. The van der Waals surface area contributed by atoms with Crippen molar-refractivity contribution in [3.63, 3.8) is 0 Å². The number of nitrogen functional groups attached to an aromatic ring is 1. The van der Waals surface area contributed by atoms with Crippen LogP contribution in [0.1, 0.15) is 36.8 Å². The molecule has 0 radical (unpaired) electrons.